The number of para-hydroxylation sites is 1. The Labute approximate surface area is 146 Å². The second-order valence-corrected chi connectivity index (χ2v) is 6.18. The molecule has 0 saturated carbocycles. The van der Waals surface area contributed by atoms with E-state index in [0.717, 1.165) is 23.5 Å². The lowest BCUT2D eigenvalue weighted by Gasteiger charge is -2.10. The lowest BCUT2D eigenvalue weighted by atomic mass is 10.1. The average molecular weight is 338 g/mol. The van der Waals surface area contributed by atoms with Crippen molar-refractivity contribution < 1.29 is 4.79 Å². The maximum Gasteiger partial charge on any atom is 0.253 e. The number of carbonyl (C=O) groups is 1. The van der Waals surface area contributed by atoms with Crippen LogP contribution in [-0.2, 0) is 20.1 Å². The Bertz CT molecular complexity index is 864. The highest BCUT2D eigenvalue weighted by Crippen LogP contribution is 2.15. The van der Waals surface area contributed by atoms with Gasteiger partial charge in [-0.05, 0) is 32.3 Å². The largest absolute Gasteiger partial charge is 0.346 e. The molecule has 2 heterocycles. The molecule has 0 saturated heterocycles. The van der Waals surface area contributed by atoms with Crippen LogP contribution in [0.4, 0.5) is 0 Å². The quantitative estimate of drug-likeness (QED) is 0.741. The van der Waals surface area contributed by atoms with E-state index in [4.69, 9.17) is 0 Å². The molecule has 3 aromatic rings. The number of aryl methyl sites for hydroxylation is 1. The summed E-state index contributed by atoms with van der Waals surface area (Å²) in [6, 6.07) is 9.34. The number of hydrogen-bond acceptors (Lipinski definition) is 4. The van der Waals surface area contributed by atoms with Crippen LogP contribution in [-0.4, -0.2) is 44.5 Å². The van der Waals surface area contributed by atoms with Crippen molar-refractivity contribution in [3.05, 3.63) is 65.7 Å². The van der Waals surface area contributed by atoms with Gasteiger partial charge >= 0.3 is 0 Å². The number of rotatable bonds is 6. The van der Waals surface area contributed by atoms with Gasteiger partial charge < -0.3 is 10.2 Å². The van der Waals surface area contributed by atoms with E-state index in [2.05, 4.69) is 20.4 Å². The fourth-order valence-corrected chi connectivity index (χ4v) is 2.64. The Hall–Kier alpha value is -2.93. The van der Waals surface area contributed by atoms with Crippen molar-refractivity contribution in [2.75, 3.05) is 14.1 Å². The fraction of sp³-hybridized carbons (Fsp3) is 0.278. The Morgan fingerprint density at radius 2 is 2.00 bits per heavy atom. The summed E-state index contributed by atoms with van der Waals surface area (Å²) in [7, 11) is 5.87. The first-order valence-electron chi connectivity index (χ1n) is 8.07. The topological polar surface area (TPSA) is 68.0 Å². The van der Waals surface area contributed by atoms with Gasteiger partial charge in [-0.15, -0.1) is 0 Å². The van der Waals surface area contributed by atoms with Gasteiger partial charge in [-0.2, -0.15) is 10.2 Å². The molecule has 3 rings (SSSR count). The molecule has 1 N–H and O–H groups in total. The minimum absolute atomic E-state index is 0.138. The summed E-state index contributed by atoms with van der Waals surface area (Å²) in [5.74, 6) is -0.138. The van der Waals surface area contributed by atoms with Crippen molar-refractivity contribution >= 4 is 5.91 Å². The first-order chi connectivity index (χ1) is 12.0. The molecular weight excluding hydrogens is 316 g/mol. The molecule has 0 fully saturated rings. The van der Waals surface area contributed by atoms with E-state index in [-0.39, 0.29) is 5.91 Å². The molecule has 0 bridgehead atoms. The molecule has 130 valence electrons. The summed E-state index contributed by atoms with van der Waals surface area (Å²) >= 11 is 0. The number of amides is 1. The van der Waals surface area contributed by atoms with Crippen LogP contribution < -0.4 is 5.32 Å². The van der Waals surface area contributed by atoms with Gasteiger partial charge in [-0.25, -0.2) is 4.68 Å². The number of hydrogen-bond donors (Lipinski definition) is 1. The first kappa shape index (κ1) is 16.9. The maximum atomic E-state index is 12.6. The highest BCUT2D eigenvalue weighted by molar-refractivity contribution is 5.97. The van der Waals surface area contributed by atoms with Crippen molar-refractivity contribution in [2.45, 2.75) is 13.1 Å². The predicted octanol–water partition coefficient (Wildman–Crippen LogP) is 1.60. The number of nitrogens with zero attached hydrogens (tertiary/aromatic N) is 5. The molecule has 0 aliphatic heterocycles. The van der Waals surface area contributed by atoms with Crippen molar-refractivity contribution in [2.24, 2.45) is 7.05 Å². The van der Waals surface area contributed by atoms with E-state index in [1.54, 1.807) is 21.6 Å². The lowest BCUT2D eigenvalue weighted by Crippen LogP contribution is -2.25. The molecule has 25 heavy (non-hydrogen) atoms. The number of benzene rings is 1. The molecule has 0 aliphatic rings. The van der Waals surface area contributed by atoms with Gasteiger partial charge in [0.25, 0.3) is 5.91 Å². The molecule has 0 unspecified atom stereocenters. The summed E-state index contributed by atoms with van der Waals surface area (Å²) < 4.78 is 3.49. The van der Waals surface area contributed by atoms with Crippen LogP contribution in [0.5, 0.6) is 0 Å². The second-order valence-electron chi connectivity index (χ2n) is 6.18. The smallest absolute Gasteiger partial charge is 0.253 e. The zero-order chi connectivity index (χ0) is 17.8. The SMILES string of the molecule is CN(C)Cc1cnn(-c2ccccc2C(=O)NCc2ccnn2C)c1. The van der Waals surface area contributed by atoms with Crippen LogP contribution >= 0.6 is 0 Å². The monoisotopic (exact) mass is 338 g/mol. The van der Waals surface area contributed by atoms with Gasteiger partial charge in [0.15, 0.2) is 0 Å². The van der Waals surface area contributed by atoms with Crippen molar-refractivity contribution in [1.29, 1.82) is 0 Å². The standard InChI is InChI=1S/C18H22N6O/c1-22(2)12-14-10-21-24(13-14)17-7-5-4-6-16(17)18(25)19-11-15-8-9-20-23(15)3/h4-10,13H,11-12H2,1-3H3,(H,19,25). The third-order valence-electron chi connectivity index (χ3n) is 3.88. The summed E-state index contributed by atoms with van der Waals surface area (Å²) in [4.78, 5) is 14.7. The van der Waals surface area contributed by atoms with Crippen molar-refractivity contribution in [1.82, 2.24) is 29.8 Å². The highest BCUT2D eigenvalue weighted by Gasteiger charge is 2.14. The van der Waals surface area contributed by atoms with Gasteiger partial charge in [0, 0.05) is 31.5 Å². The maximum absolute atomic E-state index is 12.6. The van der Waals surface area contributed by atoms with Crippen LogP contribution in [0.3, 0.4) is 0 Å². The molecule has 1 amide bonds. The molecule has 0 spiro atoms. The van der Waals surface area contributed by atoms with Crippen LogP contribution in [0, 0.1) is 0 Å². The summed E-state index contributed by atoms with van der Waals surface area (Å²) in [6.45, 7) is 1.23. The Morgan fingerprint density at radius 3 is 2.72 bits per heavy atom. The Kier molecular flexibility index (Phi) is 4.95. The zero-order valence-corrected chi connectivity index (χ0v) is 14.7. The third kappa shape index (κ3) is 3.95. The molecule has 7 heteroatoms. The zero-order valence-electron chi connectivity index (χ0n) is 14.7. The number of nitrogens with one attached hydrogen (secondary N) is 1. The molecule has 0 atom stereocenters. The first-order valence-corrected chi connectivity index (χ1v) is 8.07. The summed E-state index contributed by atoms with van der Waals surface area (Å²) in [5.41, 5.74) is 3.38. The van der Waals surface area contributed by atoms with E-state index in [1.807, 2.05) is 57.8 Å². The van der Waals surface area contributed by atoms with Crippen molar-refractivity contribution in [3.63, 3.8) is 0 Å². The number of carbonyl (C=O) groups excluding carboxylic acids is 1. The van der Waals surface area contributed by atoms with Crippen molar-refractivity contribution in [3.8, 4) is 5.69 Å². The van der Waals surface area contributed by atoms with E-state index in [0.29, 0.717) is 12.1 Å². The second kappa shape index (κ2) is 7.31. The lowest BCUT2D eigenvalue weighted by molar-refractivity contribution is 0.0950. The normalized spacial score (nSPS) is 11.0. The van der Waals surface area contributed by atoms with Gasteiger partial charge in [0.1, 0.15) is 0 Å². The van der Waals surface area contributed by atoms with E-state index >= 15 is 0 Å². The Balaban J connectivity index is 1.79. The van der Waals surface area contributed by atoms with E-state index < -0.39 is 0 Å². The minimum Gasteiger partial charge on any atom is -0.346 e. The molecular formula is C18H22N6O. The highest BCUT2D eigenvalue weighted by atomic mass is 16.1. The molecule has 7 nitrogen and oxygen atoms in total. The van der Waals surface area contributed by atoms with Crippen LogP contribution in [0.25, 0.3) is 5.69 Å². The van der Waals surface area contributed by atoms with Gasteiger partial charge in [0.2, 0.25) is 0 Å². The van der Waals surface area contributed by atoms with Crippen LogP contribution in [0.2, 0.25) is 0 Å². The summed E-state index contributed by atoms with van der Waals surface area (Å²) in [6.07, 6.45) is 5.49. The molecule has 0 aliphatic carbocycles. The fourth-order valence-electron chi connectivity index (χ4n) is 2.64. The van der Waals surface area contributed by atoms with E-state index in [9.17, 15) is 4.79 Å². The third-order valence-corrected chi connectivity index (χ3v) is 3.88. The van der Waals surface area contributed by atoms with Gasteiger partial charge in [-0.1, -0.05) is 12.1 Å². The van der Waals surface area contributed by atoms with E-state index in [1.165, 1.54) is 0 Å². The molecule has 2 aromatic heterocycles. The van der Waals surface area contributed by atoms with Crippen LogP contribution in [0.15, 0.2) is 48.9 Å². The Morgan fingerprint density at radius 1 is 1.20 bits per heavy atom. The van der Waals surface area contributed by atoms with Gasteiger partial charge in [-0.3, -0.25) is 9.48 Å². The average Bonchev–Trinajstić information content (AvgIpc) is 3.21. The minimum atomic E-state index is -0.138. The predicted molar refractivity (Wildman–Crippen MR) is 95.3 cm³/mol. The molecule has 0 radical (unpaired) electrons. The summed E-state index contributed by atoms with van der Waals surface area (Å²) in [5, 5.41) is 11.5. The molecule has 1 aromatic carbocycles. The van der Waals surface area contributed by atoms with Gasteiger partial charge in [0.05, 0.1) is 29.7 Å². The number of aromatic nitrogens is 4. The van der Waals surface area contributed by atoms with Crippen LogP contribution in [0.1, 0.15) is 21.6 Å².